The van der Waals surface area contributed by atoms with Gasteiger partial charge in [0.05, 0.1) is 0 Å². The lowest BCUT2D eigenvalue weighted by molar-refractivity contribution is 0.505. The molecule has 0 bridgehead atoms. The number of rotatable bonds is 5. The lowest BCUT2D eigenvalue weighted by atomic mass is 9.88. The Kier molecular flexibility index (Phi) is 4.83. The van der Waals surface area contributed by atoms with Gasteiger partial charge in [-0.25, -0.2) is 0 Å². The fourth-order valence-corrected chi connectivity index (χ4v) is 2.07. The molecule has 15 heavy (non-hydrogen) atoms. The number of hydrogen-bond acceptors (Lipinski definition) is 1. The van der Waals surface area contributed by atoms with Gasteiger partial charge in [-0.2, -0.15) is 0 Å². The third-order valence-electron chi connectivity index (χ3n) is 3.24. The van der Waals surface area contributed by atoms with Crippen molar-refractivity contribution in [1.29, 1.82) is 0 Å². The van der Waals surface area contributed by atoms with Crippen LogP contribution < -0.4 is 5.73 Å². The molecule has 0 aliphatic carbocycles. The molecule has 0 saturated heterocycles. The van der Waals surface area contributed by atoms with Crippen molar-refractivity contribution in [3.05, 3.63) is 35.4 Å². The first-order valence-electron chi connectivity index (χ1n) is 6.07. The number of nitrogens with two attached hydrogens (primary N) is 1. The van der Waals surface area contributed by atoms with E-state index in [0.717, 1.165) is 19.3 Å². The van der Waals surface area contributed by atoms with E-state index < -0.39 is 0 Å². The van der Waals surface area contributed by atoms with Gasteiger partial charge < -0.3 is 5.73 Å². The highest BCUT2D eigenvalue weighted by molar-refractivity contribution is 5.26. The van der Waals surface area contributed by atoms with Crippen molar-refractivity contribution in [2.75, 3.05) is 0 Å². The highest BCUT2D eigenvalue weighted by atomic mass is 14.6. The van der Waals surface area contributed by atoms with Crippen molar-refractivity contribution in [3.8, 4) is 0 Å². The fraction of sp³-hybridized carbons (Fsp3) is 0.571. The van der Waals surface area contributed by atoms with Gasteiger partial charge in [-0.15, -0.1) is 0 Å². The Hall–Kier alpha value is -0.820. The zero-order valence-corrected chi connectivity index (χ0v) is 10.2. The molecule has 1 rings (SSSR count). The van der Waals surface area contributed by atoms with E-state index >= 15 is 0 Å². The Balaban J connectivity index is 2.83. The molecule has 0 aliphatic heterocycles. The van der Waals surface area contributed by atoms with Gasteiger partial charge in [0.2, 0.25) is 0 Å². The second-order valence-corrected chi connectivity index (χ2v) is 4.18. The van der Waals surface area contributed by atoms with Crippen molar-refractivity contribution >= 4 is 0 Å². The summed E-state index contributed by atoms with van der Waals surface area (Å²) < 4.78 is 0. The van der Waals surface area contributed by atoms with Crippen LogP contribution in [-0.4, -0.2) is 6.04 Å². The first kappa shape index (κ1) is 12.3. The SMILES string of the molecule is CCc1ccc(C(CC)C(N)CC)cc1. The van der Waals surface area contributed by atoms with Gasteiger partial charge in [-0.3, -0.25) is 0 Å². The molecule has 0 amide bonds. The first-order chi connectivity index (χ1) is 7.22. The molecule has 0 spiro atoms. The molecule has 84 valence electrons. The molecule has 2 N–H and O–H groups in total. The van der Waals surface area contributed by atoms with Crippen molar-refractivity contribution < 1.29 is 0 Å². The number of aryl methyl sites for hydroxylation is 1. The van der Waals surface area contributed by atoms with E-state index in [1.54, 1.807) is 0 Å². The van der Waals surface area contributed by atoms with E-state index in [-0.39, 0.29) is 0 Å². The average molecular weight is 205 g/mol. The smallest absolute Gasteiger partial charge is 0.0105 e. The van der Waals surface area contributed by atoms with Crippen LogP contribution in [0.4, 0.5) is 0 Å². The third kappa shape index (κ3) is 3.07. The first-order valence-corrected chi connectivity index (χ1v) is 6.07. The molecule has 0 saturated carbocycles. The summed E-state index contributed by atoms with van der Waals surface area (Å²) in [5, 5.41) is 0. The quantitative estimate of drug-likeness (QED) is 0.782. The molecular formula is C14H23N. The van der Waals surface area contributed by atoms with E-state index in [9.17, 15) is 0 Å². The van der Waals surface area contributed by atoms with E-state index in [4.69, 9.17) is 5.73 Å². The van der Waals surface area contributed by atoms with Gasteiger partial charge in [0.15, 0.2) is 0 Å². The largest absolute Gasteiger partial charge is 0.327 e. The van der Waals surface area contributed by atoms with Gasteiger partial charge in [0.1, 0.15) is 0 Å². The van der Waals surface area contributed by atoms with E-state index in [1.807, 2.05) is 0 Å². The monoisotopic (exact) mass is 205 g/mol. The minimum Gasteiger partial charge on any atom is -0.327 e. The highest BCUT2D eigenvalue weighted by Crippen LogP contribution is 2.24. The van der Waals surface area contributed by atoms with Crippen LogP contribution in [0, 0.1) is 0 Å². The maximum Gasteiger partial charge on any atom is 0.0105 e. The summed E-state index contributed by atoms with van der Waals surface area (Å²) >= 11 is 0. The van der Waals surface area contributed by atoms with Crippen LogP contribution in [0.2, 0.25) is 0 Å². The average Bonchev–Trinajstić information content (AvgIpc) is 2.30. The Bertz CT molecular complexity index is 276. The topological polar surface area (TPSA) is 26.0 Å². The van der Waals surface area contributed by atoms with E-state index in [0.29, 0.717) is 12.0 Å². The van der Waals surface area contributed by atoms with Crippen LogP contribution in [0.1, 0.15) is 50.7 Å². The molecule has 1 nitrogen and oxygen atoms in total. The predicted molar refractivity (Wildman–Crippen MR) is 67.1 cm³/mol. The number of hydrogen-bond donors (Lipinski definition) is 1. The summed E-state index contributed by atoms with van der Waals surface area (Å²) in [6.45, 7) is 6.56. The van der Waals surface area contributed by atoms with Crippen LogP contribution in [0.15, 0.2) is 24.3 Å². The van der Waals surface area contributed by atoms with Gasteiger partial charge in [-0.1, -0.05) is 45.0 Å². The molecule has 0 fully saturated rings. The van der Waals surface area contributed by atoms with Gasteiger partial charge >= 0.3 is 0 Å². The molecule has 0 aromatic heterocycles. The maximum absolute atomic E-state index is 6.13. The summed E-state index contributed by atoms with van der Waals surface area (Å²) in [6.07, 6.45) is 3.28. The maximum atomic E-state index is 6.13. The molecule has 2 atom stereocenters. The minimum atomic E-state index is 0.294. The molecular weight excluding hydrogens is 182 g/mol. The molecule has 0 heterocycles. The van der Waals surface area contributed by atoms with Crippen LogP contribution in [-0.2, 0) is 6.42 Å². The molecule has 1 aromatic rings. The summed E-state index contributed by atoms with van der Waals surface area (Å²) in [7, 11) is 0. The van der Waals surface area contributed by atoms with Gasteiger partial charge in [-0.05, 0) is 36.3 Å². The van der Waals surface area contributed by atoms with Crippen molar-refractivity contribution in [2.24, 2.45) is 5.73 Å². The molecule has 2 unspecified atom stereocenters. The van der Waals surface area contributed by atoms with Gasteiger partial charge in [0, 0.05) is 6.04 Å². The van der Waals surface area contributed by atoms with Crippen LogP contribution >= 0.6 is 0 Å². The van der Waals surface area contributed by atoms with Crippen molar-refractivity contribution in [2.45, 2.75) is 52.0 Å². The minimum absolute atomic E-state index is 0.294. The third-order valence-corrected chi connectivity index (χ3v) is 3.24. The number of benzene rings is 1. The predicted octanol–water partition coefficient (Wildman–Crippen LogP) is 3.48. The summed E-state index contributed by atoms with van der Waals surface area (Å²) in [5.74, 6) is 0.515. The highest BCUT2D eigenvalue weighted by Gasteiger charge is 2.15. The van der Waals surface area contributed by atoms with Crippen molar-refractivity contribution in [3.63, 3.8) is 0 Å². The Morgan fingerprint density at radius 1 is 1.00 bits per heavy atom. The summed E-state index contributed by atoms with van der Waals surface area (Å²) in [5.41, 5.74) is 8.92. The van der Waals surface area contributed by atoms with Crippen molar-refractivity contribution in [1.82, 2.24) is 0 Å². The molecule has 0 aliphatic rings. The summed E-state index contributed by atoms with van der Waals surface area (Å²) in [4.78, 5) is 0. The fourth-order valence-electron chi connectivity index (χ4n) is 2.07. The van der Waals surface area contributed by atoms with Crippen LogP contribution in [0.3, 0.4) is 0 Å². The second kappa shape index (κ2) is 5.92. The lowest BCUT2D eigenvalue weighted by Crippen LogP contribution is -2.27. The van der Waals surface area contributed by atoms with Gasteiger partial charge in [0.25, 0.3) is 0 Å². The normalized spacial score (nSPS) is 14.9. The summed E-state index contributed by atoms with van der Waals surface area (Å²) in [6, 6.07) is 9.22. The van der Waals surface area contributed by atoms with E-state index in [1.165, 1.54) is 11.1 Å². The Morgan fingerprint density at radius 2 is 1.60 bits per heavy atom. The Labute approximate surface area is 93.7 Å². The zero-order valence-electron chi connectivity index (χ0n) is 10.2. The van der Waals surface area contributed by atoms with Crippen LogP contribution in [0.25, 0.3) is 0 Å². The van der Waals surface area contributed by atoms with E-state index in [2.05, 4.69) is 45.0 Å². The zero-order chi connectivity index (χ0) is 11.3. The molecule has 1 aromatic carbocycles. The molecule has 0 radical (unpaired) electrons. The second-order valence-electron chi connectivity index (χ2n) is 4.18. The standard InChI is InChI=1S/C14H23N/c1-4-11-7-9-12(10-8-11)13(5-2)14(15)6-3/h7-10,13-14H,4-6,15H2,1-3H3. The molecule has 1 heteroatoms. The lowest BCUT2D eigenvalue weighted by Gasteiger charge is -2.22. The Morgan fingerprint density at radius 3 is 2.00 bits per heavy atom. The van der Waals surface area contributed by atoms with Crippen LogP contribution in [0.5, 0.6) is 0 Å².